The van der Waals surface area contributed by atoms with Crippen LogP contribution in [0.5, 0.6) is 0 Å². The summed E-state index contributed by atoms with van der Waals surface area (Å²) in [6.07, 6.45) is 4.85. The molecule has 3 aromatic heterocycles. The molecular formula is C32H30ClN5O3S. The van der Waals surface area contributed by atoms with Gasteiger partial charge in [-0.3, -0.25) is 23.4 Å². The first-order valence-corrected chi connectivity index (χ1v) is 15.4. The summed E-state index contributed by atoms with van der Waals surface area (Å²) >= 11 is 7.44. The first kappa shape index (κ1) is 28.2. The summed E-state index contributed by atoms with van der Waals surface area (Å²) in [7, 11) is 0. The van der Waals surface area contributed by atoms with Crippen molar-refractivity contribution in [2.75, 3.05) is 0 Å². The summed E-state index contributed by atoms with van der Waals surface area (Å²) in [6.45, 7) is 1.06. The van der Waals surface area contributed by atoms with E-state index in [1.807, 2.05) is 48.5 Å². The lowest BCUT2D eigenvalue weighted by Gasteiger charge is -2.28. The molecule has 0 radical (unpaired) electrons. The van der Waals surface area contributed by atoms with Crippen LogP contribution >= 0.6 is 23.4 Å². The van der Waals surface area contributed by atoms with Gasteiger partial charge in [0.25, 0.3) is 11.1 Å². The zero-order chi connectivity index (χ0) is 29.1. The molecule has 1 saturated carbocycles. The van der Waals surface area contributed by atoms with Crippen LogP contribution in [0.25, 0.3) is 16.6 Å². The Balaban J connectivity index is 1.17. The predicted octanol–water partition coefficient (Wildman–Crippen LogP) is 5.47. The third kappa shape index (κ3) is 6.27. The van der Waals surface area contributed by atoms with E-state index in [-0.39, 0.29) is 28.9 Å². The van der Waals surface area contributed by atoms with Crippen LogP contribution in [0.4, 0.5) is 0 Å². The van der Waals surface area contributed by atoms with Crippen LogP contribution in [-0.2, 0) is 23.6 Å². The number of carbonyl (C=O) groups is 1. The number of fused-ring (bicyclic) bond motifs is 2. The Bertz CT molecular complexity index is 1870. The Labute approximate surface area is 251 Å². The number of hydrogen-bond acceptors (Lipinski definition) is 6. The molecule has 0 spiro atoms. The van der Waals surface area contributed by atoms with Gasteiger partial charge in [-0.25, -0.2) is 9.97 Å². The predicted molar refractivity (Wildman–Crippen MR) is 166 cm³/mol. The molecule has 0 unspecified atom stereocenters. The van der Waals surface area contributed by atoms with E-state index in [0.717, 1.165) is 31.2 Å². The monoisotopic (exact) mass is 599 g/mol. The quantitative estimate of drug-likeness (QED) is 0.188. The maximum Gasteiger partial charge on any atom is 0.262 e. The molecule has 0 saturated heterocycles. The van der Waals surface area contributed by atoms with Crippen molar-refractivity contribution in [2.24, 2.45) is 11.8 Å². The summed E-state index contributed by atoms with van der Waals surface area (Å²) < 4.78 is 3.18. The summed E-state index contributed by atoms with van der Waals surface area (Å²) in [5, 5.41) is 4.71. The molecular weight excluding hydrogens is 570 g/mol. The number of hydrogen-bond donors (Lipinski definition) is 1. The highest BCUT2D eigenvalue weighted by molar-refractivity contribution is 7.98. The molecule has 0 atom stereocenters. The molecule has 1 aliphatic carbocycles. The number of amides is 1. The van der Waals surface area contributed by atoms with Crippen molar-refractivity contribution in [1.82, 2.24) is 24.3 Å². The zero-order valence-corrected chi connectivity index (χ0v) is 24.5. The van der Waals surface area contributed by atoms with Gasteiger partial charge in [0.2, 0.25) is 5.91 Å². The average molecular weight is 600 g/mol. The molecule has 2 aromatic carbocycles. The molecule has 6 rings (SSSR count). The number of aromatic nitrogens is 4. The second-order valence-corrected chi connectivity index (χ2v) is 12.1. The van der Waals surface area contributed by atoms with Gasteiger partial charge in [0.15, 0.2) is 5.16 Å². The van der Waals surface area contributed by atoms with Crippen LogP contribution in [0.2, 0.25) is 5.02 Å². The van der Waals surface area contributed by atoms with E-state index >= 15 is 0 Å². The van der Waals surface area contributed by atoms with Gasteiger partial charge in [0.05, 0.1) is 21.6 Å². The number of thioether (sulfide) groups is 1. The lowest BCUT2D eigenvalue weighted by molar-refractivity contribution is -0.126. The topological polar surface area (TPSA) is 98.4 Å². The Morgan fingerprint density at radius 1 is 0.952 bits per heavy atom. The second kappa shape index (κ2) is 12.5. The number of nitrogens with one attached hydrogen (secondary N) is 1. The van der Waals surface area contributed by atoms with E-state index in [0.29, 0.717) is 51.3 Å². The molecule has 0 aliphatic heterocycles. The fourth-order valence-corrected chi connectivity index (χ4v) is 6.61. The number of rotatable bonds is 8. The van der Waals surface area contributed by atoms with E-state index in [9.17, 15) is 14.4 Å². The number of pyridine rings is 1. The van der Waals surface area contributed by atoms with Gasteiger partial charge in [-0.1, -0.05) is 65.8 Å². The van der Waals surface area contributed by atoms with Crippen molar-refractivity contribution in [2.45, 2.75) is 49.7 Å². The first-order chi connectivity index (χ1) is 20.4. The molecule has 214 valence electrons. The second-order valence-electron chi connectivity index (χ2n) is 10.7. The van der Waals surface area contributed by atoms with Gasteiger partial charge in [-0.05, 0) is 61.4 Å². The zero-order valence-electron chi connectivity index (χ0n) is 22.9. The Morgan fingerprint density at radius 3 is 2.52 bits per heavy atom. The van der Waals surface area contributed by atoms with Crippen LogP contribution in [-0.4, -0.2) is 24.8 Å². The largest absolute Gasteiger partial charge is 0.352 e. The molecule has 1 N–H and O–H groups in total. The van der Waals surface area contributed by atoms with E-state index in [2.05, 4.69) is 10.3 Å². The van der Waals surface area contributed by atoms with Crippen LogP contribution in [0.1, 0.15) is 36.9 Å². The van der Waals surface area contributed by atoms with E-state index in [1.54, 1.807) is 29.0 Å². The highest BCUT2D eigenvalue weighted by Crippen LogP contribution is 2.31. The van der Waals surface area contributed by atoms with E-state index in [4.69, 9.17) is 16.6 Å². The Morgan fingerprint density at radius 2 is 1.71 bits per heavy atom. The molecule has 8 nitrogen and oxygen atoms in total. The minimum absolute atomic E-state index is 0.0155. The molecule has 1 aliphatic rings. The third-order valence-electron chi connectivity index (χ3n) is 7.82. The first-order valence-electron chi connectivity index (χ1n) is 14.1. The van der Waals surface area contributed by atoms with Gasteiger partial charge >= 0.3 is 0 Å². The Kier molecular flexibility index (Phi) is 8.39. The summed E-state index contributed by atoms with van der Waals surface area (Å²) in [5.74, 6) is 0.724. The van der Waals surface area contributed by atoms with Crippen molar-refractivity contribution in [3.8, 4) is 0 Å². The van der Waals surface area contributed by atoms with Crippen molar-refractivity contribution in [3.05, 3.63) is 116 Å². The number of carbonyl (C=O) groups excluding carboxylic acids is 1. The summed E-state index contributed by atoms with van der Waals surface area (Å²) in [6, 6.07) is 22.2. The molecule has 1 amide bonds. The SMILES string of the molecule is O=C(NCc1ccccc1)C1CCC(Cn2c(SCc3cc(=O)n4cc(Cl)ccc4n3)nc3ccccc3c2=O)CC1. The molecule has 0 bridgehead atoms. The van der Waals surface area contributed by atoms with Crippen LogP contribution in [0.3, 0.4) is 0 Å². The number of para-hydroxylation sites is 1. The normalized spacial score (nSPS) is 17.0. The number of nitrogens with zero attached hydrogens (tertiary/aromatic N) is 4. The summed E-state index contributed by atoms with van der Waals surface area (Å²) in [5.41, 5.74) is 2.54. The standard InChI is InChI=1S/C32H30ClN5O3S/c33-24-14-15-28-35-25(16-29(39)37(28)19-24)20-42-32-36-27-9-5-4-8-26(27)31(41)38(32)18-22-10-12-23(13-11-22)30(40)34-17-21-6-2-1-3-7-21/h1-9,14-16,19,22-23H,10-13,17-18,20H2,(H,34,40). The molecule has 3 heterocycles. The van der Waals surface area contributed by atoms with Crippen molar-refractivity contribution in [3.63, 3.8) is 0 Å². The third-order valence-corrected chi connectivity index (χ3v) is 9.05. The molecule has 10 heteroatoms. The highest BCUT2D eigenvalue weighted by Gasteiger charge is 2.27. The van der Waals surface area contributed by atoms with Crippen LogP contribution < -0.4 is 16.4 Å². The van der Waals surface area contributed by atoms with Crippen LogP contribution in [0.15, 0.2) is 93.7 Å². The molecule has 5 aromatic rings. The lowest BCUT2D eigenvalue weighted by atomic mass is 9.81. The van der Waals surface area contributed by atoms with Gasteiger partial charge in [-0.15, -0.1) is 0 Å². The molecule has 1 fully saturated rings. The van der Waals surface area contributed by atoms with Gasteiger partial charge in [0, 0.05) is 37.0 Å². The average Bonchev–Trinajstić information content (AvgIpc) is 3.01. The van der Waals surface area contributed by atoms with E-state index < -0.39 is 0 Å². The minimum atomic E-state index is -0.216. The lowest BCUT2D eigenvalue weighted by Crippen LogP contribution is -2.34. The van der Waals surface area contributed by atoms with Gasteiger partial charge < -0.3 is 5.32 Å². The fraction of sp³-hybridized carbons (Fsp3) is 0.281. The fourth-order valence-electron chi connectivity index (χ4n) is 5.55. The minimum Gasteiger partial charge on any atom is -0.352 e. The number of halogens is 1. The van der Waals surface area contributed by atoms with Crippen molar-refractivity contribution >= 4 is 45.8 Å². The van der Waals surface area contributed by atoms with Crippen LogP contribution in [0, 0.1) is 11.8 Å². The highest BCUT2D eigenvalue weighted by atomic mass is 35.5. The maximum absolute atomic E-state index is 13.7. The summed E-state index contributed by atoms with van der Waals surface area (Å²) in [4.78, 5) is 48.6. The van der Waals surface area contributed by atoms with Crippen molar-refractivity contribution < 1.29 is 4.79 Å². The smallest absolute Gasteiger partial charge is 0.262 e. The molecule has 42 heavy (non-hydrogen) atoms. The van der Waals surface area contributed by atoms with Crippen molar-refractivity contribution in [1.29, 1.82) is 0 Å². The van der Waals surface area contributed by atoms with E-state index in [1.165, 1.54) is 22.2 Å². The Hall–Kier alpha value is -3.95. The number of benzene rings is 2. The van der Waals surface area contributed by atoms with Gasteiger partial charge in [-0.2, -0.15) is 0 Å². The van der Waals surface area contributed by atoms with Gasteiger partial charge in [0.1, 0.15) is 5.65 Å². The maximum atomic E-state index is 13.7.